The third-order valence-electron chi connectivity index (χ3n) is 4.15. The van der Waals surface area contributed by atoms with Crippen LogP contribution in [0.25, 0.3) is 0 Å². The lowest BCUT2D eigenvalue weighted by Crippen LogP contribution is -2.36. The van der Waals surface area contributed by atoms with Gasteiger partial charge in [0.2, 0.25) is 0 Å². The van der Waals surface area contributed by atoms with Crippen LogP contribution in [0, 0.1) is 19.7 Å². The van der Waals surface area contributed by atoms with Crippen LogP contribution in [0.2, 0.25) is 0 Å². The Balaban J connectivity index is 1.97. The molecule has 0 spiro atoms. The first-order chi connectivity index (χ1) is 10.8. The second-order valence-electron chi connectivity index (χ2n) is 5.92. The van der Waals surface area contributed by atoms with Crippen LogP contribution in [0.4, 0.5) is 10.1 Å². The minimum absolute atomic E-state index is 0.0978. The number of carbonyl (C=O) groups excluding carboxylic acids is 2. The maximum atomic E-state index is 13.5. The maximum absolute atomic E-state index is 13.5. The van der Waals surface area contributed by atoms with Gasteiger partial charge in [0.15, 0.2) is 11.4 Å². The molecule has 2 aromatic rings. The van der Waals surface area contributed by atoms with Crippen LogP contribution in [0.3, 0.4) is 0 Å². The number of anilines is 1. The number of hydrogen-bond donors (Lipinski definition) is 2. The summed E-state index contributed by atoms with van der Waals surface area (Å²) in [5, 5.41) is 13.2. The molecule has 0 saturated heterocycles. The average molecular weight is 313 g/mol. The molecule has 1 heterocycles. The number of rotatable bonds is 3. The summed E-state index contributed by atoms with van der Waals surface area (Å²) in [5.74, 6) is -1.65. The molecule has 0 radical (unpaired) electrons. The summed E-state index contributed by atoms with van der Waals surface area (Å²) in [6.45, 7) is 3.71. The lowest BCUT2D eigenvalue weighted by Gasteiger charge is -2.20. The van der Waals surface area contributed by atoms with Gasteiger partial charge in [0.25, 0.3) is 5.91 Å². The number of benzene rings is 2. The van der Waals surface area contributed by atoms with Gasteiger partial charge in [-0.25, -0.2) is 4.39 Å². The summed E-state index contributed by atoms with van der Waals surface area (Å²) in [7, 11) is 0. The van der Waals surface area contributed by atoms with Crippen molar-refractivity contribution in [3.05, 3.63) is 64.5 Å². The van der Waals surface area contributed by atoms with Gasteiger partial charge in [0.1, 0.15) is 5.82 Å². The number of nitrogens with one attached hydrogen (secondary N) is 1. The molecule has 0 bridgehead atoms. The number of ketones is 1. The van der Waals surface area contributed by atoms with Gasteiger partial charge < -0.3 is 10.4 Å². The Hall–Kier alpha value is -2.53. The number of halogens is 1. The van der Waals surface area contributed by atoms with Crippen molar-refractivity contribution < 1.29 is 19.1 Å². The number of hydrogen-bond acceptors (Lipinski definition) is 3. The van der Waals surface area contributed by atoms with E-state index in [-0.39, 0.29) is 11.3 Å². The van der Waals surface area contributed by atoms with Crippen LogP contribution < -0.4 is 5.32 Å². The van der Waals surface area contributed by atoms with E-state index in [0.29, 0.717) is 11.3 Å². The Morgan fingerprint density at radius 1 is 1.22 bits per heavy atom. The summed E-state index contributed by atoms with van der Waals surface area (Å²) < 4.78 is 13.5. The second kappa shape index (κ2) is 5.28. The fourth-order valence-electron chi connectivity index (χ4n) is 2.95. The molecule has 0 fully saturated rings. The first kappa shape index (κ1) is 15.4. The molecular weight excluding hydrogens is 297 g/mol. The van der Waals surface area contributed by atoms with Crippen LogP contribution in [0.1, 0.15) is 33.5 Å². The minimum Gasteiger partial charge on any atom is -0.375 e. The fraction of sp³-hybridized carbons (Fsp3) is 0.222. The highest BCUT2D eigenvalue weighted by Gasteiger charge is 2.47. The second-order valence-corrected chi connectivity index (χ2v) is 5.92. The molecule has 118 valence electrons. The normalized spacial score (nSPS) is 19.4. The molecule has 4 nitrogen and oxygen atoms in total. The molecule has 2 N–H and O–H groups in total. The van der Waals surface area contributed by atoms with E-state index in [9.17, 15) is 19.1 Å². The maximum Gasteiger partial charge on any atom is 0.261 e. The Labute approximate surface area is 133 Å². The zero-order chi connectivity index (χ0) is 16.8. The molecule has 0 saturated carbocycles. The highest BCUT2D eigenvalue weighted by atomic mass is 19.1. The zero-order valence-electron chi connectivity index (χ0n) is 12.8. The van der Waals surface area contributed by atoms with Gasteiger partial charge in [0.05, 0.1) is 6.42 Å². The van der Waals surface area contributed by atoms with E-state index in [4.69, 9.17) is 0 Å². The van der Waals surface area contributed by atoms with E-state index in [0.717, 1.165) is 17.2 Å². The molecule has 3 rings (SSSR count). The van der Waals surface area contributed by atoms with Crippen LogP contribution in [-0.2, 0) is 10.4 Å². The first-order valence-corrected chi connectivity index (χ1v) is 7.25. The van der Waals surface area contributed by atoms with Gasteiger partial charge in [-0.1, -0.05) is 23.8 Å². The van der Waals surface area contributed by atoms with Crippen LogP contribution in [0.15, 0.2) is 36.4 Å². The van der Waals surface area contributed by atoms with Crippen molar-refractivity contribution in [1.82, 2.24) is 0 Å². The highest BCUT2D eigenvalue weighted by Crippen LogP contribution is 2.39. The van der Waals surface area contributed by atoms with Gasteiger partial charge in [-0.3, -0.25) is 9.59 Å². The first-order valence-electron chi connectivity index (χ1n) is 7.25. The summed E-state index contributed by atoms with van der Waals surface area (Å²) in [6, 6.07) is 8.99. The van der Waals surface area contributed by atoms with Crippen molar-refractivity contribution >= 4 is 17.4 Å². The lowest BCUT2D eigenvalue weighted by molar-refractivity contribution is -0.133. The summed E-state index contributed by atoms with van der Waals surface area (Å²) >= 11 is 0. The van der Waals surface area contributed by atoms with Gasteiger partial charge in [-0.05, 0) is 37.6 Å². The fourth-order valence-corrected chi connectivity index (χ4v) is 2.95. The smallest absolute Gasteiger partial charge is 0.261 e. The quantitative estimate of drug-likeness (QED) is 0.856. The Bertz CT molecular complexity index is 831. The number of amides is 1. The van der Waals surface area contributed by atoms with Crippen molar-refractivity contribution in [1.29, 1.82) is 0 Å². The Morgan fingerprint density at radius 3 is 2.65 bits per heavy atom. The molecule has 1 amide bonds. The van der Waals surface area contributed by atoms with E-state index in [1.807, 2.05) is 13.0 Å². The molecule has 0 aromatic heterocycles. The monoisotopic (exact) mass is 313 g/mol. The third-order valence-corrected chi connectivity index (χ3v) is 4.15. The number of carbonyl (C=O) groups is 2. The molecule has 0 unspecified atom stereocenters. The molecule has 1 aliphatic rings. The van der Waals surface area contributed by atoms with Crippen LogP contribution >= 0.6 is 0 Å². The summed E-state index contributed by atoms with van der Waals surface area (Å²) in [4.78, 5) is 24.7. The molecule has 0 aliphatic carbocycles. The molecule has 1 aliphatic heterocycles. The van der Waals surface area contributed by atoms with Gasteiger partial charge >= 0.3 is 0 Å². The number of aryl methyl sites for hydroxylation is 2. The Kier molecular flexibility index (Phi) is 3.53. The van der Waals surface area contributed by atoms with Crippen molar-refractivity contribution in [3.63, 3.8) is 0 Å². The molecule has 23 heavy (non-hydrogen) atoms. The zero-order valence-corrected chi connectivity index (χ0v) is 12.8. The van der Waals surface area contributed by atoms with Gasteiger partial charge in [-0.2, -0.15) is 0 Å². The van der Waals surface area contributed by atoms with E-state index in [1.165, 1.54) is 12.1 Å². The van der Waals surface area contributed by atoms with Crippen LogP contribution in [-0.4, -0.2) is 16.8 Å². The Morgan fingerprint density at radius 2 is 1.96 bits per heavy atom. The predicted molar refractivity (Wildman–Crippen MR) is 83.8 cm³/mol. The molecule has 1 atom stereocenters. The number of fused-ring (bicyclic) bond motifs is 1. The van der Waals surface area contributed by atoms with Gasteiger partial charge in [0, 0.05) is 16.8 Å². The van der Waals surface area contributed by atoms with E-state index in [1.54, 1.807) is 19.1 Å². The minimum atomic E-state index is -2.05. The van der Waals surface area contributed by atoms with Crippen LogP contribution in [0.5, 0.6) is 0 Å². The lowest BCUT2D eigenvalue weighted by atomic mass is 9.87. The van der Waals surface area contributed by atoms with E-state index >= 15 is 0 Å². The number of Topliss-reactive ketones (excluding diaryl/α,β-unsaturated/α-hetero) is 1. The predicted octanol–water partition coefficient (Wildman–Crippen LogP) is 2.86. The molecular formula is C18H16FNO3. The van der Waals surface area contributed by atoms with Crippen molar-refractivity contribution in [2.75, 3.05) is 5.32 Å². The largest absolute Gasteiger partial charge is 0.375 e. The topological polar surface area (TPSA) is 66.4 Å². The number of aliphatic hydroxyl groups is 1. The molecule has 2 aromatic carbocycles. The highest BCUT2D eigenvalue weighted by molar-refractivity contribution is 6.09. The van der Waals surface area contributed by atoms with Crippen molar-refractivity contribution in [3.8, 4) is 0 Å². The van der Waals surface area contributed by atoms with Gasteiger partial charge in [-0.15, -0.1) is 0 Å². The van der Waals surface area contributed by atoms with E-state index < -0.39 is 23.7 Å². The third kappa shape index (κ3) is 2.53. The summed E-state index contributed by atoms with van der Waals surface area (Å²) in [5.41, 5.74) is 0.612. The SMILES string of the molecule is Cc1ccc(C(=O)C[C@]2(O)C(=O)Nc3ccc(F)cc32)c(C)c1. The van der Waals surface area contributed by atoms with E-state index in [2.05, 4.69) is 5.32 Å². The average Bonchev–Trinajstić information content (AvgIpc) is 2.70. The standard InChI is InChI=1S/C18H16FNO3/c1-10-3-5-13(11(2)7-10)16(21)9-18(23)14-8-12(19)4-6-15(14)20-17(18)22/h3-8,23H,9H2,1-2H3,(H,20,22)/t18-/m1/s1. The summed E-state index contributed by atoms with van der Waals surface area (Å²) in [6.07, 6.45) is -0.431. The van der Waals surface area contributed by atoms with Crippen molar-refractivity contribution in [2.24, 2.45) is 0 Å². The molecule has 5 heteroatoms. The van der Waals surface area contributed by atoms with Crippen molar-refractivity contribution in [2.45, 2.75) is 25.9 Å².